The van der Waals surface area contributed by atoms with E-state index in [0.717, 1.165) is 32.5 Å². The second-order valence-electron chi connectivity index (χ2n) is 4.21. The molecule has 2 heterocycles. The predicted molar refractivity (Wildman–Crippen MR) is 65.4 cm³/mol. The minimum atomic E-state index is -0.252. The quantitative estimate of drug-likeness (QED) is 0.760. The summed E-state index contributed by atoms with van der Waals surface area (Å²) < 4.78 is 11.1. The molecule has 2 rings (SSSR count). The van der Waals surface area contributed by atoms with Gasteiger partial charge in [0.15, 0.2) is 0 Å². The van der Waals surface area contributed by atoms with Crippen LogP contribution in [0, 0.1) is 0 Å². The van der Waals surface area contributed by atoms with E-state index in [9.17, 15) is 0 Å². The average Bonchev–Trinajstić information content (AvgIpc) is 2.96. The number of aromatic nitrogens is 2. The van der Waals surface area contributed by atoms with Gasteiger partial charge in [0.05, 0.1) is 6.10 Å². The Labute approximate surface area is 106 Å². The summed E-state index contributed by atoms with van der Waals surface area (Å²) in [6, 6.07) is 0.533. The second kappa shape index (κ2) is 5.69. The van der Waals surface area contributed by atoms with Crippen LogP contribution >= 0.6 is 11.6 Å². The second-order valence-corrected chi connectivity index (χ2v) is 4.87. The maximum absolute atomic E-state index is 5.90. The van der Waals surface area contributed by atoms with Crippen molar-refractivity contribution in [3.05, 3.63) is 5.89 Å². The van der Waals surface area contributed by atoms with E-state index in [1.54, 1.807) is 0 Å². The summed E-state index contributed by atoms with van der Waals surface area (Å²) in [7, 11) is 0. The molecule has 17 heavy (non-hydrogen) atoms. The van der Waals surface area contributed by atoms with Crippen LogP contribution in [0.1, 0.15) is 38.0 Å². The first-order valence-corrected chi connectivity index (χ1v) is 6.48. The molecular weight excluding hydrogens is 242 g/mol. The Balaban J connectivity index is 2.00. The highest BCUT2D eigenvalue weighted by Crippen LogP contribution is 2.22. The molecule has 1 fully saturated rings. The van der Waals surface area contributed by atoms with Crippen molar-refractivity contribution in [2.75, 3.05) is 24.6 Å². The first-order valence-electron chi connectivity index (χ1n) is 6.04. The Kier molecular flexibility index (Phi) is 4.23. The molecule has 0 amide bonds. The van der Waals surface area contributed by atoms with Crippen LogP contribution in [0.15, 0.2) is 4.42 Å². The van der Waals surface area contributed by atoms with Crippen molar-refractivity contribution in [1.82, 2.24) is 10.2 Å². The zero-order valence-electron chi connectivity index (χ0n) is 10.2. The van der Waals surface area contributed by atoms with E-state index < -0.39 is 0 Å². The van der Waals surface area contributed by atoms with Gasteiger partial charge in [0.25, 0.3) is 0 Å². The van der Waals surface area contributed by atoms with E-state index in [4.69, 9.17) is 20.8 Å². The highest BCUT2D eigenvalue weighted by Gasteiger charge is 2.22. The molecule has 0 spiro atoms. The molecule has 5 nitrogen and oxygen atoms in total. The molecular formula is C11H18ClN3O2. The molecule has 0 radical (unpaired) electrons. The van der Waals surface area contributed by atoms with Crippen molar-refractivity contribution in [2.45, 2.75) is 38.2 Å². The van der Waals surface area contributed by atoms with Gasteiger partial charge < -0.3 is 14.1 Å². The summed E-state index contributed by atoms with van der Waals surface area (Å²) in [5.41, 5.74) is 0. The maximum Gasteiger partial charge on any atom is 0.318 e. The number of nitrogens with zero attached hydrogens (tertiary/aromatic N) is 3. The zero-order valence-corrected chi connectivity index (χ0v) is 11.0. The van der Waals surface area contributed by atoms with Crippen LogP contribution in [-0.4, -0.2) is 36.0 Å². The van der Waals surface area contributed by atoms with E-state index >= 15 is 0 Å². The average molecular weight is 260 g/mol. The first-order chi connectivity index (χ1) is 8.20. The van der Waals surface area contributed by atoms with Crippen molar-refractivity contribution >= 4 is 17.6 Å². The van der Waals surface area contributed by atoms with Gasteiger partial charge in [0, 0.05) is 19.7 Å². The van der Waals surface area contributed by atoms with E-state index in [1.807, 2.05) is 11.8 Å². The Morgan fingerprint density at radius 3 is 2.88 bits per heavy atom. The van der Waals surface area contributed by atoms with Crippen molar-refractivity contribution < 1.29 is 9.15 Å². The number of likely N-dealkylation sites (N-methyl/N-ethyl adjacent to an activating group) is 1. The minimum absolute atomic E-state index is 0.252. The van der Waals surface area contributed by atoms with Crippen LogP contribution in [0.4, 0.5) is 6.01 Å². The van der Waals surface area contributed by atoms with Crippen LogP contribution in [0.25, 0.3) is 0 Å². The van der Waals surface area contributed by atoms with Gasteiger partial charge in [0.1, 0.15) is 5.38 Å². The molecule has 0 bridgehead atoms. The maximum atomic E-state index is 5.90. The smallest absolute Gasteiger partial charge is 0.318 e. The number of hydrogen-bond donors (Lipinski definition) is 0. The minimum Gasteiger partial charge on any atom is -0.406 e. The number of halogens is 1. The predicted octanol–water partition coefficient (Wildman–Crippen LogP) is 2.37. The Hall–Kier alpha value is -0.810. The molecule has 0 N–H and O–H groups in total. The Morgan fingerprint density at radius 1 is 1.53 bits per heavy atom. The Morgan fingerprint density at radius 2 is 2.35 bits per heavy atom. The van der Waals surface area contributed by atoms with Crippen molar-refractivity contribution in [2.24, 2.45) is 0 Å². The first kappa shape index (κ1) is 12.6. The van der Waals surface area contributed by atoms with E-state index in [0.29, 0.717) is 11.9 Å². The summed E-state index contributed by atoms with van der Waals surface area (Å²) in [5.74, 6) is 0.465. The Bertz CT molecular complexity index is 350. The zero-order chi connectivity index (χ0) is 12.3. The monoisotopic (exact) mass is 259 g/mol. The molecule has 1 aliphatic rings. The van der Waals surface area contributed by atoms with Crippen LogP contribution in [0.5, 0.6) is 0 Å². The molecule has 1 saturated heterocycles. The fourth-order valence-electron chi connectivity index (χ4n) is 1.89. The van der Waals surface area contributed by atoms with E-state index in [-0.39, 0.29) is 11.5 Å². The van der Waals surface area contributed by atoms with Gasteiger partial charge in [-0.15, -0.1) is 16.7 Å². The lowest BCUT2D eigenvalue weighted by molar-refractivity contribution is 0.115. The molecule has 2 unspecified atom stereocenters. The number of alkyl halides is 1. The number of ether oxygens (including phenoxy) is 1. The standard InChI is InChI=1S/C11H18ClN3O2/c1-3-15(7-9-5-4-6-16-9)11-14-13-10(17-11)8(2)12/h8-9H,3-7H2,1-2H3. The highest BCUT2D eigenvalue weighted by molar-refractivity contribution is 6.20. The molecule has 1 aromatic heterocycles. The van der Waals surface area contributed by atoms with Crippen molar-refractivity contribution in [3.63, 3.8) is 0 Å². The summed E-state index contributed by atoms with van der Waals surface area (Å²) in [6.45, 7) is 6.35. The van der Waals surface area contributed by atoms with Crippen LogP contribution in [0.2, 0.25) is 0 Å². The van der Waals surface area contributed by atoms with E-state index in [2.05, 4.69) is 17.1 Å². The summed E-state index contributed by atoms with van der Waals surface area (Å²) >= 11 is 5.90. The van der Waals surface area contributed by atoms with Gasteiger partial charge in [-0.05, 0) is 26.7 Å². The van der Waals surface area contributed by atoms with Crippen LogP contribution in [-0.2, 0) is 4.74 Å². The highest BCUT2D eigenvalue weighted by atomic mass is 35.5. The molecule has 1 aromatic rings. The fraction of sp³-hybridized carbons (Fsp3) is 0.818. The lowest BCUT2D eigenvalue weighted by Crippen LogP contribution is -2.32. The van der Waals surface area contributed by atoms with Gasteiger partial charge in [-0.1, -0.05) is 5.10 Å². The van der Waals surface area contributed by atoms with Gasteiger partial charge in [0.2, 0.25) is 5.89 Å². The third kappa shape index (κ3) is 3.10. The molecule has 0 aliphatic carbocycles. The molecule has 6 heteroatoms. The number of hydrogen-bond acceptors (Lipinski definition) is 5. The molecule has 96 valence electrons. The molecule has 0 aromatic carbocycles. The van der Waals surface area contributed by atoms with Crippen molar-refractivity contribution in [1.29, 1.82) is 0 Å². The molecule has 0 saturated carbocycles. The summed E-state index contributed by atoms with van der Waals surface area (Å²) in [5, 5.41) is 7.70. The lowest BCUT2D eigenvalue weighted by Gasteiger charge is -2.21. The van der Waals surface area contributed by atoms with Gasteiger partial charge >= 0.3 is 6.01 Å². The fourth-order valence-corrected chi connectivity index (χ4v) is 1.98. The number of rotatable bonds is 5. The third-order valence-electron chi connectivity index (χ3n) is 2.87. The van der Waals surface area contributed by atoms with Gasteiger partial charge in [-0.25, -0.2) is 0 Å². The largest absolute Gasteiger partial charge is 0.406 e. The third-order valence-corrected chi connectivity index (χ3v) is 3.06. The normalized spacial score (nSPS) is 21.7. The van der Waals surface area contributed by atoms with Gasteiger partial charge in [-0.3, -0.25) is 0 Å². The summed E-state index contributed by atoms with van der Waals surface area (Å²) in [6.07, 6.45) is 2.51. The summed E-state index contributed by atoms with van der Waals surface area (Å²) in [4.78, 5) is 2.03. The number of anilines is 1. The van der Waals surface area contributed by atoms with Crippen molar-refractivity contribution in [3.8, 4) is 0 Å². The SMILES string of the molecule is CCN(CC1CCCO1)c1nnc(C(C)Cl)o1. The van der Waals surface area contributed by atoms with Crippen LogP contribution < -0.4 is 4.90 Å². The molecule has 1 aliphatic heterocycles. The topological polar surface area (TPSA) is 51.4 Å². The van der Waals surface area contributed by atoms with Gasteiger partial charge in [-0.2, -0.15) is 0 Å². The van der Waals surface area contributed by atoms with E-state index in [1.165, 1.54) is 0 Å². The molecule has 2 atom stereocenters. The lowest BCUT2D eigenvalue weighted by atomic mass is 10.2. The van der Waals surface area contributed by atoms with Crippen LogP contribution in [0.3, 0.4) is 0 Å².